The number of ether oxygens (including phenoxy) is 1. The third-order valence-electron chi connectivity index (χ3n) is 2.94. The normalized spacial score (nSPS) is 10.8. The Morgan fingerprint density at radius 1 is 1.40 bits per heavy atom. The molecule has 5 heteroatoms. The van der Waals surface area contributed by atoms with E-state index < -0.39 is 0 Å². The van der Waals surface area contributed by atoms with E-state index in [0.717, 1.165) is 12.0 Å². The van der Waals surface area contributed by atoms with E-state index in [1.54, 1.807) is 19.1 Å². The first-order valence-corrected chi connectivity index (χ1v) is 6.96. The van der Waals surface area contributed by atoms with Crippen molar-refractivity contribution in [2.75, 3.05) is 19.7 Å². The molecule has 20 heavy (non-hydrogen) atoms. The average Bonchev–Trinajstić information content (AvgIpc) is 2.41. The third-order valence-corrected chi connectivity index (χ3v) is 2.94. The standard InChI is InChI=1S/C15H23FN2O2/c1-3-7-18(11-15(19)20-4-2)10-13-8-12(9-17)5-6-14(13)16/h5-6,8H,3-4,7,9-11,17H2,1-2H3. The van der Waals surface area contributed by atoms with Gasteiger partial charge in [0.05, 0.1) is 13.2 Å². The van der Waals surface area contributed by atoms with Gasteiger partial charge in [-0.1, -0.05) is 19.1 Å². The highest BCUT2D eigenvalue weighted by molar-refractivity contribution is 5.71. The second-order valence-corrected chi connectivity index (χ2v) is 4.65. The molecule has 0 aliphatic carbocycles. The lowest BCUT2D eigenvalue weighted by atomic mass is 10.1. The lowest BCUT2D eigenvalue weighted by Gasteiger charge is -2.21. The number of carbonyl (C=O) groups excluding carboxylic acids is 1. The molecule has 0 radical (unpaired) electrons. The van der Waals surface area contributed by atoms with Crippen LogP contribution in [-0.4, -0.2) is 30.6 Å². The summed E-state index contributed by atoms with van der Waals surface area (Å²) in [5.41, 5.74) is 7.01. The highest BCUT2D eigenvalue weighted by Crippen LogP contribution is 2.13. The molecule has 1 aromatic carbocycles. The van der Waals surface area contributed by atoms with Crippen LogP contribution < -0.4 is 5.73 Å². The first-order chi connectivity index (χ1) is 9.60. The van der Waals surface area contributed by atoms with Crippen LogP contribution in [0.2, 0.25) is 0 Å². The van der Waals surface area contributed by atoms with E-state index >= 15 is 0 Å². The molecule has 0 aliphatic rings. The van der Waals surface area contributed by atoms with E-state index in [4.69, 9.17) is 10.5 Å². The molecule has 112 valence electrons. The van der Waals surface area contributed by atoms with Gasteiger partial charge in [0.25, 0.3) is 0 Å². The lowest BCUT2D eigenvalue weighted by Crippen LogP contribution is -2.31. The van der Waals surface area contributed by atoms with E-state index in [1.807, 2.05) is 11.8 Å². The molecule has 0 spiro atoms. The Bertz CT molecular complexity index is 438. The van der Waals surface area contributed by atoms with Crippen LogP contribution in [0.4, 0.5) is 4.39 Å². The van der Waals surface area contributed by atoms with Crippen molar-refractivity contribution in [2.45, 2.75) is 33.4 Å². The molecule has 0 saturated carbocycles. The first-order valence-electron chi connectivity index (χ1n) is 6.96. The molecule has 2 N–H and O–H groups in total. The highest BCUT2D eigenvalue weighted by Gasteiger charge is 2.13. The van der Waals surface area contributed by atoms with Gasteiger partial charge in [-0.05, 0) is 31.5 Å². The molecule has 0 amide bonds. The number of hydrogen-bond donors (Lipinski definition) is 1. The monoisotopic (exact) mass is 282 g/mol. The highest BCUT2D eigenvalue weighted by atomic mass is 19.1. The number of hydrogen-bond acceptors (Lipinski definition) is 4. The van der Waals surface area contributed by atoms with Crippen molar-refractivity contribution in [3.63, 3.8) is 0 Å². The second kappa shape index (κ2) is 8.66. The van der Waals surface area contributed by atoms with Gasteiger partial charge in [0.15, 0.2) is 0 Å². The number of nitrogens with zero attached hydrogens (tertiary/aromatic N) is 1. The summed E-state index contributed by atoms with van der Waals surface area (Å²) in [4.78, 5) is 13.4. The number of rotatable bonds is 8. The maximum absolute atomic E-state index is 13.8. The van der Waals surface area contributed by atoms with Crippen LogP contribution in [0.1, 0.15) is 31.4 Å². The molecule has 4 nitrogen and oxygen atoms in total. The molecule has 0 aromatic heterocycles. The largest absolute Gasteiger partial charge is 0.465 e. The topological polar surface area (TPSA) is 55.6 Å². The summed E-state index contributed by atoms with van der Waals surface area (Å²) < 4.78 is 18.7. The van der Waals surface area contributed by atoms with Gasteiger partial charge < -0.3 is 10.5 Å². The van der Waals surface area contributed by atoms with Crippen molar-refractivity contribution in [1.29, 1.82) is 0 Å². The maximum atomic E-state index is 13.8. The molecule has 1 aromatic rings. The van der Waals surface area contributed by atoms with Crippen LogP contribution in [0.25, 0.3) is 0 Å². The SMILES string of the molecule is CCCN(CC(=O)OCC)Cc1cc(CN)ccc1F. The van der Waals surface area contributed by atoms with Gasteiger partial charge >= 0.3 is 5.97 Å². The molecule has 0 saturated heterocycles. The Labute approximate surface area is 119 Å². The Morgan fingerprint density at radius 3 is 2.75 bits per heavy atom. The molecule has 0 bridgehead atoms. The number of nitrogens with two attached hydrogens (primary N) is 1. The Morgan fingerprint density at radius 2 is 2.15 bits per heavy atom. The van der Waals surface area contributed by atoms with Crippen LogP contribution in [0.15, 0.2) is 18.2 Å². The van der Waals surface area contributed by atoms with Gasteiger partial charge in [-0.15, -0.1) is 0 Å². The van der Waals surface area contributed by atoms with E-state index in [9.17, 15) is 9.18 Å². The second-order valence-electron chi connectivity index (χ2n) is 4.65. The minimum Gasteiger partial charge on any atom is -0.465 e. The summed E-state index contributed by atoms with van der Waals surface area (Å²) in [5, 5.41) is 0. The zero-order valence-corrected chi connectivity index (χ0v) is 12.2. The van der Waals surface area contributed by atoms with Gasteiger partial charge in [0.1, 0.15) is 5.82 Å². The molecular weight excluding hydrogens is 259 g/mol. The summed E-state index contributed by atoms with van der Waals surface area (Å²) in [6.45, 7) is 5.79. The summed E-state index contributed by atoms with van der Waals surface area (Å²) in [6.07, 6.45) is 0.887. The molecule has 0 fully saturated rings. The van der Waals surface area contributed by atoms with Crippen LogP contribution in [0, 0.1) is 5.82 Å². The summed E-state index contributed by atoms with van der Waals surface area (Å²) >= 11 is 0. The Hall–Kier alpha value is -1.46. The van der Waals surface area contributed by atoms with Gasteiger partial charge in [0, 0.05) is 18.7 Å². The van der Waals surface area contributed by atoms with Crippen molar-refractivity contribution in [1.82, 2.24) is 4.90 Å². The van der Waals surface area contributed by atoms with Crippen LogP contribution in [-0.2, 0) is 22.6 Å². The number of halogens is 1. The molecule has 0 aliphatic heterocycles. The Kier molecular flexibility index (Phi) is 7.18. The quantitative estimate of drug-likeness (QED) is 0.742. The van der Waals surface area contributed by atoms with Gasteiger partial charge in [-0.3, -0.25) is 9.69 Å². The van der Waals surface area contributed by atoms with Gasteiger partial charge in [0.2, 0.25) is 0 Å². The zero-order valence-electron chi connectivity index (χ0n) is 12.2. The minimum absolute atomic E-state index is 0.175. The number of benzene rings is 1. The summed E-state index contributed by atoms with van der Waals surface area (Å²) in [5.74, 6) is -0.552. The minimum atomic E-state index is -0.281. The number of carbonyl (C=O) groups is 1. The van der Waals surface area contributed by atoms with Crippen LogP contribution in [0.3, 0.4) is 0 Å². The van der Waals surface area contributed by atoms with Crippen LogP contribution in [0.5, 0.6) is 0 Å². The van der Waals surface area contributed by atoms with E-state index in [1.165, 1.54) is 6.07 Å². The molecular formula is C15H23FN2O2. The van der Waals surface area contributed by atoms with Gasteiger partial charge in [-0.2, -0.15) is 0 Å². The smallest absolute Gasteiger partial charge is 0.320 e. The zero-order chi connectivity index (χ0) is 15.0. The van der Waals surface area contributed by atoms with E-state index in [2.05, 4.69) is 0 Å². The van der Waals surface area contributed by atoms with Crippen molar-refractivity contribution >= 4 is 5.97 Å². The first kappa shape index (κ1) is 16.6. The summed E-state index contributed by atoms with van der Waals surface area (Å²) in [6, 6.07) is 4.85. The van der Waals surface area contributed by atoms with Gasteiger partial charge in [-0.25, -0.2) is 4.39 Å². The fourth-order valence-electron chi connectivity index (χ4n) is 2.04. The third kappa shape index (κ3) is 5.27. The van der Waals surface area contributed by atoms with Crippen molar-refractivity contribution in [3.8, 4) is 0 Å². The van der Waals surface area contributed by atoms with Crippen molar-refractivity contribution < 1.29 is 13.9 Å². The van der Waals surface area contributed by atoms with E-state index in [-0.39, 0.29) is 18.3 Å². The fraction of sp³-hybridized carbons (Fsp3) is 0.533. The molecule has 0 heterocycles. The molecule has 1 rings (SSSR count). The van der Waals surface area contributed by atoms with Crippen molar-refractivity contribution in [2.24, 2.45) is 5.73 Å². The predicted octanol–water partition coefficient (Wildman–Crippen LogP) is 2.06. The van der Waals surface area contributed by atoms with Crippen molar-refractivity contribution in [3.05, 3.63) is 35.1 Å². The predicted molar refractivity (Wildman–Crippen MR) is 76.5 cm³/mol. The average molecular weight is 282 g/mol. The maximum Gasteiger partial charge on any atom is 0.320 e. The lowest BCUT2D eigenvalue weighted by molar-refractivity contribution is -0.144. The fourth-order valence-corrected chi connectivity index (χ4v) is 2.04. The Balaban J connectivity index is 2.76. The number of esters is 1. The summed E-state index contributed by atoms with van der Waals surface area (Å²) in [7, 11) is 0. The molecule has 0 unspecified atom stereocenters. The molecule has 0 atom stereocenters. The van der Waals surface area contributed by atoms with E-state index in [0.29, 0.717) is 31.8 Å². The van der Waals surface area contributed by atoms with Crippen LogP contribution >= 0.6 is 0 Å².